The highest BCUT2D eigenvalue weighted by molar-refractivity contribution is 7.98. The van der Waals surface area contributed by atoms with E-state index >= 15 is 0 Å². The van der Waals surface area contributed by atoms with Gasteiger partial charge in [0, 0.05) is 6.04 Å². The quantitative estimate of drug-likeness (QED) is 0.393. The highest BCUT2D eigenvalue weighted by Crippen LogP contribution is 2.26. The van der Waals surface area contributed by atoms with Crippen LogP contribution in [0.2, 0.25) is 0 Å². The average molecular weight is 407 g/mol. The summed E-state index contributed by atoms with van der Waals surface area (Å²) in [5.41, 5.74) is 2.86. The molecule has 0 spiro atoms. The van der Waals surface area contributed by atoms with Crippen LogP contribution in [0.25, 0.3) is 11.1 Å². The van der Waals surface area contributed by atoms with Gasteiger partial charge in [-0.3, -0.25) is 4.79 Å². The first kappa shape index (κ1) is 19.3. The van der Waals surface area contributed by atoms with Crippen molar-refractivity contribution in [3.63, 3.8) is 0 Å². The smallest absolute Gasteiger partial charge is 0.287 e. The monoisotopic (exact) mass is 406 g/mol. The molecule has 148 valence electrons. The molecule has 0 bridgehead atoms. The standard InChI is InChI=1S/C23H22N2O3S/c1-16(11-12-17-7-3-2-4-8-17)24-22(26)21-14-13-18(27-21)15-29-23-25-19-9-5-6-10-20(19)28-23/h2-10,13-14,16H,11-12,15H2,1H3,(H,24,26). The molecule has 1 atom stereocenters. The molecule has 1 unspecified atom stereocenters. The van der Waals surface area contributed by atoms with Crippen molar-refractivity contribution < 1.29 is 13.6 Å². The Labute approximate surface area is 173 Å². The number of aryl methyl sites for hydroxylation is 1. The van der Waals surface area contributed by atoms with Crippen LogP contribution in [0, 0.1) is 0 Å². The number of furan rings is 1. The van der Waals surface area contributed by atoms with E-state index < -0.39 is 0 Å². The van der Waals surface area contributed by atoms with Crippen molar-refractivity contribution in [3.05, 3.63) is 83.8 Å². The molecule has 0 aliphatic rings. The van der Waals surface area contributed by atoms with E-state index in [9.17, 15) is 4.79 Å². The topological polar surface area (TPSA) is 68.3 Å². The van der Waals surface area contributed by atoms with Gasteiger partial charge in [-0.15, -0.1) is 0 Å². The summed E-state index contributed by atoms with van der Waals surface area (Å²) in [7, 11) is 0. The van der Waals surface area contributed by atoms with Crippen molar-refractivity contribution in [2.24, 2.45) is 0 Å². The van der Waals surface area contributed by atoms with Gasteiger partial charge in [0.05, 0.1) is 5.75 Å². The summed E-state index contributed by atoms with van der Waals surface area (Å²) in [5, 5.41) is 3.59. The van der Waals surface area contributed by atoms with Crippen molar-refractivity contribution >= 4 is 28.8 Å². The highest BCUT2D eigenvalue weighted by atomic mass is 32.2. The van der Waals surface area contributed by atoms with Gasteiger partial charge in [-0.25, -0.2) is 4.98 Å². The fourth-order valence-corrected chi connectivity index (χ4v) is 3.75. The second-order valence-electron chi connectivity index (χ2n) is 6.90. The van der Waals surface area contributed by atoms with Gasteiger partial charge in [0.1, 0.15) is 11.3 Å². The molecule has 29 heavy (non-hydrogen) atoms. The first-order valence-electron chi connectivity index (χ1n) is 9.59. The second-order valence-corrected chi connectivity index (χ2v) is 7.83. The largest absolute Gasteiger partial charge is 0.455 e. The predicted molar refractivity (Wildman–Crippen MR) is 114 cm³/mol. The van der Waals surface area contributed by atoms with Gasteiger partial charge >= 0.3 is 0 Å². The Morgan fingerprint density at radius 1 is 1.03 bits per heavy atom. The molecule has 0 radical (unpaired) electrons. The van der Waals surface area contributed by atoms with E-state index in [1.165, 1.54) is 17.3 Å². The van der Waals surface area contributed by atoms with Crippen LogP contribution in [0.15, 0.2) is 80.8 Å². The summed E-state index contributed by atoms with van der Waals surface area (Å²) < 4.78 is 11.4. The number of hydrogen-bond acceptors (Lipinski definition) is 5. The van der Waals surface area contributed by atoms with Crippen LogP contribution in [-0.4, -0.2) is 16.9 Å². The zero-order valence-electron chi connectivity index (χ0n) is 16.1. The minimum absolute atomic E-state index is 0.0605. The van der Waals surface area contributed by atoms with E-state index in [4.69, 9.17) is 8.83 Å². The summed E-state index contributed by atoms with van der Waals surface area (Å²) in [6.07, 6.45) is 1.80. The van der Waals surface area contributed by atoms with E-state index in [-0.39, 0.29) is 11.9 Å². The number of amides is 1. The maximum absolute atomic E-state index is 12.4. The number of aromatic nitrogens is 1. The molecule has 2 aromatic heterocycles. The molecule has 4 rings (SSSR count). The first-order chi connectivity index (χ1) is 14.2. The number of nitrogens with zero attached hydrogens (tertiary/aromatic N) is 1. The SMILES string of the molecule is CC(CCc1ccccc1)NC(=O)c1ccc(CSc2nc3ccccc3o2)o1. The first-order valence-corrected chi connectivity index (χ1v) is 10.6. The molecule has 0 aliphatic carbocycles. The highest BCUT2D eigenvalue weighted by Gasteiger charge is 2.15. The zero-order chi connectivity index (χ0) is 20.1. The number of nitrogens with one attached hydrogen (secondary N) is 1. The normalized spacial score (nSPS) is 12.2. The third kappa shape index (κ3) is 5.09. The lowest BCUT2D eigenvalue weighted by Gasteiger charge is -2.12. The Morgan fingerprint density at radius 3 is 2.66 bits per heavy atom. The van der Waals surface area contributed by atoms with Crippen LogP contribution in [0.5, 0.6) is 0 Å². The van der Waals surface area contributed by atoms with Crippen LogP contribution in [0.3, 0.4) is 0 Å². The van der Waals surface area contributed by atoms with Crippen molar-refractivity contribution in [1.82, 2.24) is 10.3 Å². The van der Waals surface area contributed by atoms with Crippen molar-refractivity contribution in [3.8, 4) is 0 Å². The van der Waals surface area contributed by atoms with Crippen LogP contribution in [0.4, 0.5) is 0 Å². The summed E-state index contributed by atoms with van der Waals surface area (Å²) in [6, 6.07) is 21.5. The molecule has 0 fully saturated rings. The Bertz CT molecular complexity index is 1050. The number of carbonyl (C=O) groups excluding carboxylic acids is 1. The van der Waals surface area contributed by atoms with Gasteiger partial charge in [-0.1, -0.05) is 54.2 Å². The number of oxazole rings is 1. The molecule has 4 aromatic rings. The second kappa shape index (κ2) is 9.01. The Kier molecular flexibility index (Phi) is 6.00. The number of thioether (sulfide) groups is 1. The minimum Gasteiger partial charge on any atom is -0.455 e. The summed E-state index contributed by atoms with van der Waals surface area (Å²) in [5.74, 6) is 1.39. The molecule has 0 aliphatic heterocycles. The van der Waals surface area contributed by atoms with Crippen LogP contribution < -0.4 is 5.32 Å². The van der Waals surface area contributed by atoms with Gasteiger partial charge in [-0.2, -0.15) is 0 Å². The molecule has 0 saturated heterocycles. The van der Waals surface area contributed by atoms with Gasteiger partial charge in [0.25, 0.3) is 11.1 Å². The van der Waals surface area contributed by atoms with Crippen molar-refractivity contribution in [2.45, 2.75) is 36.8 Å². The van der Waals surface area contributed by atoms with Gasteiger partial charge in [-0.05, 0) is 49.6 Å². The van der Waals surface area contributed by atoms with Gasteiger partial charge in [0.15, 0.2) is 11.3 Å². The summed E-state index contributed by atoms with van der Waals surface area (Å²) in [6.45, 7) is 2.01. The molecule has 2 aromatic carbocycles. The lowest BCUT2D eigenvalue weighted by Crippen LogP contribution is -2.32. The number of benzene rings is 2. The molecule has 2 heterocycles. The lowest BCUT2D eigenvalue weighted by molar-refractivity contribution is 0.0909. The number of carbonyl (C=O) groups is 1. The van der Waals surface area contributed by atoms with E-state index in [1.807, 2.05) is 55.5 Å². The third-order valence-corrected chi connectivity index (χ3v) is 5.43. The third-order valence-electron chi connectivity index (χ3n) is 4.58. The van der Waals surface area contributed by atoms with Crippen LogP contribution >= 0.6 is 11.8 Å². The van der Waals surface area contributed by atoms with Gasteiger partial charge in [0.2, 0.25) is 0 Å². The van der Waals surface area contributed by atoms with E-state index in [2.05, 4.69) is 22.4 Å². The Balaban J connectivity index is 1.28. The number of para-hydroxylation sites is 2. The fraction of sp³-hybridized carbons (Fsp3) is 0.217. The van der Waals surface area contributed by atoms with Crippen LogP contribution in [-0.2, 0) is 12.2 Å². The molecule has 5 nitrogen and oxygen atoms in total. The van der Waals surface area contributed by atoms with Crippen molar-refractivity contribution in [2.75, 3.05) is 0 Å². The Hall–Kier alpha value is -2.99. The lowest BCUT2D eigenvalue weighted by atomic mass is 10.1. The van der Waals surface area contributed by atoms with E-state index in [0.717, 1.165) is 23.9 Å². The maximum Gasteiger partial charge on any atom is 0.287 e. The van der Waals surface area contributed by atoms with E-state index in [1.54, 1.807) is 6.07 Å². The molecule has 1 amide bonds. The van der Waals surface area contributed by atoms with E-state index in [0.29, 0.717) is 22.5 Å². The zero-order valence-corrected chi connectivity index (χ0v) is 16.9. The number of hydrogen-bond donors (Lipinski definition) is 1. The number of rotatable bonds is 8. The minimum atomic E-state index is -0.191. The summed E-state index contributed by atoms with van der Waals surface area (Å²) in [4.78, 5) is 16.9. The van der Waals surface area contributed by atoms with Crippen LogP contribution in [0.1, 0.15) is 35.2 Å². The number of fused-ring (bicyclic) bond motifs is 1. The molecule has 0 saturated carbocycles. The van der Waals surface area contributed by atoms with Gasteiger partial charge < -0.3 is 14.2 Å². The maximum atomic E-state index is 12.4. The summed E-state index contributed by atoms with van der Waals surface area (Å²) >= 11 is 1.44. The molecular weight excluding hydrogens is 384 g/mol. The fourth-order valence-electron chi connectivity index (χ4n) is 3.02. The molecular formula is C23H22N2O3S. The van der Waals surface area contributed by atoms with Crippen molar-refractivity contribution in [1.29, 1.82) is 0 Å². The average Bonchev–Trinajstić information content (AvgIpc) is 3.38. The molecule has 6 heteroatoms. The molecule has 1 N–H and O–H groups in total. The Morgan fingerprint density at radius 2 is 1.83 bits per heavy atom. The predicted octanol–water partition coefficient (Wildman–Crippen LogP) is 5.46.